The van der Waals surface area contributed by atoms with Gasteiger partial charge < -0.3 is 21.2 Å². The van der Waals surface area contributed by atoms with E-state index >= 15 is 0 Å². The Morgan fingerprint density at radius 1 is 0.722 bits per heavy atom. The van der Waals surface area contributed by atoms with Crippen molar-refractivity contribution >= 4 is 35.0 Å². The van der Waals surface area contributed by atoms with Gasteiger partial charge in [0, 0.05) is 14.2 Å². The Labute approximate surface area is 116 Å². The summed E-state index contributed by atoms with van der Waals surface area (Å²) < 4.78 is 28.8. The summed E-state index contributed by atoms with van der Waals surface area (Å²) in [6.45, 7) is 14.1. The highest BCUT2D eigenvalue weighted by atomic mass is 28.5. The van der Waals surface area contributed by atoms with Crippen LogP contribution in [0.2, 0.25) is 45.8 Å². The molecule has 0 aromatic heterocycles. The lowest BCUT2D eigenvalue weighted by molar-refractivity contribution is 0.255. The summed E-state index contributed by atoms with van der Waals surface area (Å²) in [5.41, 5.74) is 0. The molecule has 0 aromatic carbocycles. The molecule has 0 rings (SSSR count). The fourth-order valence-corrected chi connectivity index (χ4v) is 15.6. The molecule has 0 spiro atoms. The Morgan fingerprint density at radius 3 is 1.56 bits per heavy atom. The molecule has 0 aliphatic heterocycles. The molecule has 0 saturated heterocycles. The minimum absolute atomic E-state index is 1.22. The quantitative estimate of drug-likeness (QED) is 0.641. The molecule has 0 atom stereocenters. The van der Waals surface area contributed by atoms with Gasteiger partial charge >= 0.3 is 35.0 Å². The highest BCUT2D eigenvalue weighted by Crippen LogP contribution is 2.21. The summed E-state index contributed by atoms with van der Waals surface area (Å²) in [5.74, 6) is 0. The van der Waals surface area contributed by atoms with Crippen LogP contribution in [0, 0.1) is 0 Å². The third-order valence-corrected chi connectivity index (χ3v) is 14.7. The van der Waals surface area contributed by atoms with Crippen molar-refractivity contribution in [3.8, 4) is 0 Å². The van der Waals surface area contributed by atoms with Crippen LogP contribution in [0.5, 0.6) is 0 Å². The van der Waals surface area contributed by atoms with E-state index in [0.717, 1.165) is 0 Å². The first-order valence-corrected chi connectivity index (χ1v) is 16.2. The van der Waals surface area contributed by atoms with Gasteiger partial charge in [0.05, 0.1) is 0 Å². The second-order valence-electron chi connectivity index (χ2n) is 5.41. The van der Waals surface area contributed by atoms with Crippen molar-refractivity contribution < 1.29 is 21.2 Å². The summed E-state index contributed by atoms with van der Waals surface area (Å²) in [6, 6.07) is 0. The van der Waals surface area contributed by atoms with Gasteiger partial charge in [-0.15, -0.1) is 0 Å². The molecule has 0 amide bonds. The highest BCUT2D eigenvalue weighted by molar-refractivity contribution is 6.85. The second kappa shape index (κ2) is 6.90. The summed E-state index contributed by atoms with van der Waals surface area (Å²) >= 11 is 0. The molecule has 0 fully saturated rings. The Kier molecular flexibility index (Phi) is 7.16. The van der Waals surface area contributed by atoms with E-state index in [1.807, 2.05) is 45.8 Å². The van der Waals surface area contributed by atoms with Crippen molar-refractivity contribution in [1.82, 2.24) is 0 Å². The topological polar surface area (TPSA) is 46.2 Å². The van der Waals surface area contributed by atoms with Gasteiger partial charge in [-0.3, -0.25) is 0 Å². The molecule has 0 bridgehead atoms. The van der Waals surface area contributed by atoms with Crippen LogP contribution in [0.25, 0.3) is 0 Å². The predicted molar refractivity (Wildman–Crippen MR) is 81.3 cm³/mol. The molecule has 0 unspecified atom stereocenters. The zero-order valence-electron chi connectivity index (χ0n) is 13.0. The maximum Gasteiger partial charge on any atom is 0.371 e. The predicted octanol–water partition coefficient (Wildman–Crippen LogP) is 2.55. The maximum atomic E-state index is 6.17. The van der Waals surface area contributed by atoms with E-state index in [0.29, 0.717) is 0 Å². The lowest BCUT2D eigenvalue weighted by Gasteiger charge is -2.37. The fraction of sp³-hybridized carbons (Fsp3) is 1.00. The smallest absolute Gasteiger partial charge is 0.371 e. The van der Waals surface area contributed by atoms with Crippen molar-refractivity contribution in [2.45, 2.75) is 45.8 Å². The Balaban J connectivity index is 4.55. The van der Waals surface area contributed by atoms with Crippen molar-refractivity contribution in [1.29, 1.82) is 0 Å². The summed E-state index contributed by atoms with van der Waals surface area (Å²) in [6.07, 6.45) is 0. The van der Waals surface area contributed by atoms with Gasteiger partial charge in [-0.1, -0.05) is 0 Å². The van der Waals surface area contributed by atoms with E-state index in [2.05, 4.69) is 0 Å². The van der Waals surface area contributed by atoms with Crippen molar-refractivity contribution in [2.75, 3.05) is 14.2 Å². The molecule has 9 heteroatoms. The average molecular weight is 328 g/mol. The lowest BCUT2D eigenvalue weighted by Crippen LogP contribution is -2.55. The lowest BCUT2D eigenvalue weighted by atomic mass is 11.8. The third kappa shape index (κ3) is 7.96. The molecule has 0 saturated carbocycles. The van der Waals surface area contributed by atoms with Crippen LogP contribution >= 0.6 is 0 Å². The monoisotopic (exact) mass is 327 g/mol. The molecule has 18 heavy (non-hydrogen) atoms. The van der Waals surface area contributed by atoms with E-state index in [4.69, 9.17) is 21.2 Å². The number of rotatable bonds is 8. The average Bonchev–Trinajstić information content (AvgIpc) is 2.13. The molecule has 1 radical (unpaired) electrons. The van der Waals surface area contributed by atoms with Gasteiger partial charge in [-0.05, 0) is 45.8 Å². The van der Waals surface area contributed by atoms with Crippen molar-refractivity contribution in [2.24, 2.45) is 0 Å². The van der Waals surface area contributed by atoms with Gasteiger partial charge in [0.15, 0.2) is 0 Å². The van der Waals surface area contributed by atoms with Gasteiger partial charge in [0.25, 0.3) is 0 Å². The first-order valence-electron chi connectivity index (χ1n) is 5.95. The SMILES string of the molecule is CO[Si](C)O[Si](C)(C)O[Si](C)(C)O[Si](C)(C)OC. The minimum atomic E-state index is -2.24. The zero-order chi connectivity index (χ0) is 14.6. The molecule has 0 aliphatic carbocycles. The summed E-state index contributed by atoms with van der Waals surface area (Å²) in [5, 5.41) is 0. The van der Waals surface area contributed by atoms with Gasteiger partial charge in [0.2, 0.25) is 0 Å². The van der Waals surface area contributed by atoms with Gasteiger partial charge in [0.1, 0.15) is 0 Å². The number of hydrogen-bond acceptors (Lipinski definition) is 5. The maximum absolute atomic E-state index is 6.17. The summed E-state index contributed by atoms with van der Waals surface area (Å²) in [7, 11) is -4.40. The van der Waals surface area contributed by atoms with E-state index < -0.39 is 35.0 Å². The van der Waals surface area contributed by atoms with Gasteiger partial charge in [-0.25, -0.2) is 0 Å². The van der Waals surface area contributed by atoms with Crippen LogP contribution in [0.15, 0.2) is 0 Å². The third-order valence-electron chi connectivity index (χ3n) is 2.15. The minimum Gasteiger partial charge on any atom is -0.416 e. The molecule has 5 nitrogen and oxygen atoms in total. The number of hydrogen-bond donors (Lipinski definition) is 0. The Bertz CT molecular complexity index is 259. The first-order chi connectivity index (χ1) is 7.93. The molecule has 0 aliphatic rings. The van der Waals surface area contributed by atoms with E-state index in [1.54, 1.807) is 14.2 Å². The van der Waals surface area contributed by atoms with Crippen LogP contribution in [-0.2, 0) is 21.2 Å². The first kappa shape index (κ1) is 18.7. The fourth-order valence-electron chi connectivity index (χ4n) is 1.65. The van der Waals surface area contributed by atoms with E-state index in [1.165, 1.54) is 0 Å². The molecular formula is C9H27O5Si4. The molecule has 0 N–H and O–H groups in total. The van der Waals surface area contributed by atoms with Crippen LogP contribution < -0.4 is 0 Å². The molecule has 109 valence electrons. The van der Waals surface area contributed by atoms with Gasteiger partial charge in [-0.2, -0.15) is 0 Å². The van der Waals surface area contributed by atoms with Crippen molar-refractivity contribution in [3.63, 3.8) is 0 Å². The standard InChI is InChI=1S/C9H27O5Si4/c1-10-15(3)12-17(6,7)14-18(8,9)13-16(4,5)11-2/h1-9H3. The van der Waals surface area contributed by atoms with E-state index in [-0.39, 0.29) is 0 Å². The molecule has 0 heterocycles. The largest absolute Gasteiger partial charge is 0.416 e. The van der Waals surface area contributed by atoms with Crippen LogP contribution in [-0.4, -0.2) is 49.2 Å². The molecular weight excluding hydrogens is 300 g/mol. The molecule has 0 aromatic rings. The van der Waals surface area contributed by atoms with Crippen LogP contribution in [0.4, 0.5) is 0 Å². The second-order valence-corrected chi connectivity index (χ2v) is 18.1. The Hall–Kier alpha value is 0.668. The summed E-state index contributed by atoms with van der Waals surface area (Å²) in [4.78, 5) is 0. The van der Waals surface area contributed by atoms with Crippen LogP contribution in [0.3, 0.4) is 0 Å². The zero-order valence-corrected chi connectivity index (χ0v) is 17.0. The highest BCUT2D eigenvalue weighted by Gasteiger charge is 2.42. The van der Waals surface area contributed by atoms with Crippen molar-refractivity contribution in [3.05, 3.63) is 0 Å². The Morgan fingerprint density at radius 2 is 1.17 bits per heavy atom. The van der Waals surface area contributed by atoms with E-state index in [9.17, 15) is 0 Å². The normalized spacial score (nSPS) is 14.3. The van der Waals surface area contributed by atoms with Crippen LogP contribution in [0.1, 0.15) is 0 Å².